The van der Waals surface area contributed by atoms with Crippen LogP contribution in [0.25, 0.3) is 10.9 Å². The molecule has 0 unspecified atom stereocenters. The lowest BCUT2D eigenvalue weighted by Gasteiger charge is -2.12. The lowest BCUT2D eigenvalue weighted by Crippen LogP contribution is -2.02. The Hall–Kier alpha value is -2.54. The number of rotatable bonds is 4. The maximum absolute atomic E-state index is 6.31. The lowest BCUT2D eigenvalue weighted by atomic mass is 10.2. The minimum absolute atomic E-state index is 0.432. The summed E-state index contributed by atoms with van der Waals surface area (Å²) in [6.07, 6.45) is 3.23. The van der Waals surface area contributed by atoms with Crippen LogP contribution in [0.1, 0.15) is 0 Å². The number of nitrogens with two attached hydrogens (primary N) is 1. The first-order chi connectivity index (χ1) is 13.1. The van der Waals surface area contributed by atoms with Gasteiger partial charge in [-0.25, -0.2) is 9.97 Å². The van der Waals surface area contributed by atoms with Crippen molar-refractivity contribution in [2.24, 2.45) is 0 Å². The van der Waals surface area contributed by atoms with Gasteiger partial charge in [-0.05, 0) is 30.3 Å². The Bertz CT molecular complexity index is 1130. The first kappa shape index (κ1) is 17.9. The number of pyridine rings is 1. The number of anilines is 3. The Morgan fingerprint density at radius 3 is 2.67 bits per heavy atom. The van der Waals surface area contributed by atoms with Gasteiger partial charge in [0.05, 0.1) is 16.2 Å². The number of fused-ring (bicyclic) bond motifs is 1. The van der Waals surface area contributed by atoms with Crippen molar-refractivity contribution in [3.63, 3.8) is 0 Å². The molecular formula is C19H13Cl2N5S. The first-order valence-electron chi connectivity index (χ1n) is 7.96. The van der Waals surface area contributed by atoms with Crippen LogP contribution < -0.4 is 11.1 Å². The summed E-state index contributed by atoms with van der Waals surface area (Å²) in [7, 11) is 0. The standard InChI is InChI=1S/C19H13Cl2N5S/c20-12-6-7-14(13(21)9-12)26-18-16(22)19(25-10-24-18)27-15-5-1-3-11-4-2-8-23-17(11)15/h1-10H,22H2,(H,24,25,26). The monoisotopic (exact) mass is 413 g/mol. The fourth-order valence-corrected chi connectivity index (χ4v) is 3.93. The van der Waals surface area contributed by atoms with Crippen molar-refractivity contribution in [2.45, 2.75) is 9.92 Å². The van der Waals surface area contributed by atoms with Crippen molar-refractivity contribution < 1.29 is 0 Å². The van der Waals surface area contributed by atoms with Crippen molar-refractivity contribution >= 4 is 63.1 Å². The Labute approximate surface area is 170 Å². The molecule has 5 nitrogen and oxygen atoms in total. The Balaban J connectivity index is 1.67. The molecule has 0 amide bonds. The van der Waals surface area contributed by atoms with E-state index in [0.29, 0.717) is 32.3 Å². The van der Waals surface area contributed by atoms with Gasteiger partial charge in [0.1, 0.15) is 17.0 Å². The van der Waals surface area contributed by atoms with E-state index in [1.165, 1.54) is 18.1 Å². The number of nitrogens with zero attached hydrogens (tertiary/aromatic N) is 3. The zero-order chi connectivity index (χ0) is 18.8. The largest absolute Gasteiger partial charge is 0.394 e. The van der Waals surface area contributed by atoms with Crippen LogP contribution in [0.4, 0.5) is 17.2 Å². The van der Waals surface area contributed by atoms with E-state index in [9.17, 15) is 0 Å². The van der Waals surface area contributed by atoms with Crippen LogP contribution in [0.15, 0.2) is 71.0 Å². The van der Waals surface area contributed by atoms with Gasteiger partial charge in [0, 0.05) is 21.5 Å². The molecule has 0 atom stereocenters. The van der Waals surface area contributed by atoms with Gasteiger partial charge in [-0.1, -0.05) is 53.2 Å². The van der Waals surface area contributed by atoms with Gasteiger partial charge in [0.15, 0.2) is 5.82 Å². The molecule has 0 saturated carbocycles. The summed E-state index contributed by atoms with van der Waals surface area (Å²) in [5.74, 6) is 0.477. The molecule has 0 aliphatic rings. The normalized spacial score (nSPS) is 10.9. The molecule has 2 aromatic heterocycles. The molecule has 27 heavy (non-hydrogen) atoms. The average molecular weight is 414 g/mol. The van der Waals surface area contributed by atoms with Gasteiger partial charge in [-0.3, -0.25) is 4.98 Å². The van der Waals surface area contributed by atoms with E-state index in [4.69, 9.17) is 28.9 Å². The van der Waals surface area contributed by atoms with Crippen molar-refractivity contribution in [2.75, 3.05) is 11.1 Å². The second-order valence-electron chi connectivity index (χ2n) is 5.62. The van der Waals surface area contributed by atoms with Gasteiger partial charge < -0.3 is 11.1 Å². The molecule has 0 radical (unpaired) electrons. The maximum atomic E-state index is 6.31. The third-order valence-corrected chi connectivity index (χ3v) is 5.45. The lowest BCUT2D eigenvalue weighted by molar-refractivity contribution is 1.06. The van der Waals surface area contributed by atoms with Gasteiger partial charge in [-0.2, -0.15) is 0 Å². The summed E-state index contributed by atoms with van der Waals surface area (Å²) in [6.45, 7) is 0. The number of halogens is 2. The predicted octanol–water partition coefficient (Wildman–Crippen LogP) is 5.81. The molecule has 2 aromatic carbocycles. The molecule has 0 bridgehead atoms. The molecule has 134 valence electrons. The van der Waals surface area contributed by atoms with Crippen LogP contribution in [-0.4, -0.2) is 15.0 Å². The van der Waals surface area contributed by atoms with Crippen LogP contribution in [0.3, 0.4) is 0 Å². The predicted molar refractivity (Wildman–Crippen MR) is 112 cm³/mol. The van der Waals surface area contributed by atoms with Crippen LogP contribution in [0.2, 0.25) is 10.0 Å². The van der Waals surface area contributed by atoms with Crippen molar-refractivity contribution in [3.8, 4) is 0 Å². The molecule has 0 fully saturated rings. The highest BCUT2D eigenvalue weighted by atomic mass is 35.5. The Kier molecular flexibility index (Phi) is 5.03. The number of hydrogen-bond donors (Lipinski definition) is 2. The van der Waals surface area contributed by atoms with E-state index in [1.807, 2.05) is 30.3 Å². The summed E-state index contributed by atoms with van der Waals surface area (Å²) in [5, 5.41) is 5.86. The van der Waals surface area contributed by atoms with Gasteiger partial charge in [0.25, 0.3) is 0 Å². The zero-order valence-corrected chi connectivity index (χ0v) is 16.2. The molecule has 2 heterocycles. The van der Waals surface area contributed by atoms with Crippen molar-refractivity contribution in [3.05, 3.63) is 71.1 Å². The minimum Gasteiger partial charge on any atom is -0.394 e. The number of hydrogen-bond acceptors (Lipinski definition) is 6. The minimum atomic E-state index is 0.432. The molecule has 0 spiro atoms. The van der Waals surface area contributed by atoms with Crippen molar-refractivity contribution in [1.82, 2.24) is 15.0 Å². The smallest absolute Gasteiger partial charge is 0.158 e. The average Bonchev–Trinajstić information content (AvgIpc) is 2.67. The fourth-order valence-electron chi connectivity index (χ4n) is 2.54. The van der Waals surface area contributed by atoms with Crippen LogP contribution in [0.5, 0.6) is 0 Å². The highest BCUT2D eigenvalue weighted by Gasteiger charge is 2.13. The summed E-state index contributed by atoms with van der Waals surface area (Å²) in [4.78, 5) is 14.0. The maximum Gasteiger partial charge on any atom is 0.158 e. The molecule has 3 N–H and O–H groups in total. The highest BCUT2D eigenvalue weighted by Crippen LogP contribution is 2.37. The molecule has 0 aliphatic carbocycles. The SMILES string of the molecule is Nc1c(Nc2ccc(Cl)cc2Cl)ncnc1Sc1cccc2cccnc12. The molecule has 0 aliphatic heterocycles. The molecule has 4 aromatic rings. The molecule has 0 saturated heterocycles. The highest BCUT2D eigenvalue weighted by molar-refractivity contribution is 7.99. The number of benzene rings is 2. The van der Waals surface area contributed by atoms with Gasteiger partial charge in [0.2, 0.25) is 0 Å². The van der Waals surface area contributed by atoms with Gasteiger partial charge >= 0.3 is 0 Å². The topological polar surface area (TPSA) is 76.7 Å². The third-order valence-electron chi connectivity index (χ3n) is 3.83. The Morgan fingerprint density at radius 1 is 0.963 bits per heavy atom. The second kappa shape index (κ2) is 7.60. The molecular weight excluding hydrogens is 401 g/mol. The number of nitrogen functional groups attached to an aromatic ring is 1. The van der Waals surface area contributed by atoms with E-state index >= 15 is 0 Å². The zero-order valence-electron chi connectivity index (χ0n) is 13.9. The summed E-state index contributed by atoms with van der Waals surface area (Å²) in [6, 6.07) is 15.1. The summed E-state index contributed by atoms with van der Waals surface area (Å²) >= 11 is 13.6. The van der Waals surface area contributed by atoms with E-state index in [2.05, 4.69) is 20.3 Å². The molecule has 4 rings (SSSR count). The number of aromatic nitrogens is 3. The van der Waals surface area contributed by atoms with E-state index in [1.54, 1.807) is 24.4 Å². The van der Waals surface area contributed by atoms with Crippen molar-refractivity contribution in [1.29, 1.82) is 0 Å². The quantitative estimate of drug-likeness (QED) is 0.411. The van der Waals surface area contributed by atoms with E-state index in [-0.39, 0.29) is 0 Å². The number of para-hydroxylation sites is 1. The summed E-state index contributed by atoms with van der Waals surface area (Å²) < 4.78 is 0. The third kappa shape index (κ3) is 3.78. The van der Waals surface area contributed by atoms with Gasteiger partial charge in [-0.15, -0.1) is 0 Å². The van der Waals surface area contributed by atoms with Crippen LogP contribution in [-0.2, 0) is 0 Å². The second-order valence-corrected chi connectivity index (χ2v) is 7.50. The number of nitrogens with one attached hydrogen (secondary N) is 1. The van der Waals surface area contributed by atoms with Crippen LogP contribution >= 0.6 is 35.0 Å². The van der Waals surface area contributed by atoms with E-state index in [0.717, 1.165) is 15.8 Å². The Morgan fingerprint density at radius 2 is 1.81 bits per heavy atom. The first-order valence-corrected chi connectivity index (χ1v) is 9.53. The van der Waals surface area contributed by atoms with Crippen LogP contribution in [0, 0.1) is 0 Å². The summed E-state index contributed by atoms with van der Waals surface area (Å²) in [5.41, 5.74) is 8.30. The fraction of sp³-hybridized carbons (Fsp3) is 0. The van der Waals surface area contributed by atoms with E-state index < -0.39 is 0 Å². The molecule has 8 heteroatoms.